The van der Waals surface area contributed by atoms with E-state index in [1.807, 2.05) is 0 Å². The molecule has 1 nitrogen and oxygen atoms in total. The zero-order valence-electron chi connectivity index (χ0n) is 14.4. The second-order valence-electron chi connectivity index (χ2n) is 5.52. The Kier molecular flexibility index (Phi) is 6.84. The molecule has 0 aliphatic rings. The van der Waals surface area contributed by atoms with Crippen LogP contribution in [-0.4, -0.2) is 7.11 Å². The lowest BCUT2D eigenvalue weighted by Crippen LogP contribution is -1.99. The Morgan fingerprint density at radius 3 is 2.14 bits per heavy atom. The third-order valence-electron chi connectivity index (χ3n) is 4.01. The molecule has 0 aliphatic heterocycles. The Bertz CT molecular complexity index is 630. The molecular weight excluding hydrogens is 287 g/mol. The van der Waals surface area contributed by atoms with Gasteiger partial charge in [-0.3, -0.25) is 0 Å². The van der Waals surface area contributed by atoms with Crippen molar-refractivity contribution in [1.82, 2.24) is 0 Å². The second kappa shape index (κ2) is 8.15. The van der Waals surface area contributed by atoms with Crippen LogP contribution in [0, 0.1) is 6.92 Å². The van der Waals surface area contributed by atoms with Gasteiger partial charge in [0.05, 0.1) is 7.11 Å². The number of rotatable bonds is 6. The fourth-order valence-corrected chi connectivity index (χ4v) is 2.77. The quantitative estimate of drug-likeness (QED) is 0.353. The van der Waals surface area contributed by atoms with Gasteiger partial charge in [-0.2, -0.15) is 0 Å². The molecule has 118 valence electrons. The minimum absolute atomic E-state index is 0.670. The first-order chi connectivity index (χ1) is 10.3. The van der Waals surface area contributed by atoms with E-state index in [-0.39, 0.29) is 0 Å². The second-order valence-corrected chi connectivity index (χ2v) is 6.10. The van der Waals surface area contributed by atoms with Crippen molar-refractivity contribution in [3.8, 4) is 0 Å². The van der Waals surface area contributed by atoms with Gasteiger partial charge in [-0.05, 0) is 49.2 Å². The van der Waals surface area contributed by atoms with Gasteiger partial charge in [0.25, 0.3) is 0 Å². The van der Waals surface area contributed by atoms with Crippen molar-refractivity contribution in [2.75, 3.05) is 7.11 Å². The first-order valence-corrected chi connectivity index (χ1v) is 8.07. The highest BCUT2D eigenvalue weighted by Crippen LogP contribution is 2.35. The van der Waals surface area contributed by atoms with Gasteiger partial charge in [0.2, 0.25) is 0 Å². The zero-order chi connectivity index (χ0) is 16.9. The van der Waals surface area contributed by atoms with Gasteiger partial charge in [0.15, 0.2) is 0 Å². The van der Waals surface area contributed by atoms with Crippen molar-refractivity contribution in [2.45, 2.75) is 34.1 Å². The zero-order valence-corrected chi connectivity index (χ0v) is 15.6. The highest BCUT2D eigenvalue weighted by molar-refractivity contribution is 7.23. The number of hydrogen-bond acceptors (Lipinski definition) is 1. The van der Waals surface area contributed by atoms with Crippen molar-refractivity contribution < 1.29 is 4.74 Å². The molecule has 1 aromatic rings. The summed E-state index contributed by atoms with van der Waals surface area (Å²) in [5.74, 6) is 0.670. The summed E-state index contributed by atoms with van der Waals surface area (Å²) in [5, 5.41) is 1.14. The maximum absolute atomic E-state index is 5.41. The fourth-order valence-electron chi connectivity index (χ4n) is 2.19. The molecule has 0 bridgehead atoms. The molecule has 0 aromatic heterocycles. The molecule has 1 aromatic carbocycles. The van der Waals surface area contributed by atoms with E-state index < -0.39 is 0 Å². The van der Waals surface area contributed by atoms with Gasteiger partial charge in [-0.1, -0.05) is 55.5 Å². The molecule has 0 saturated heterocycles. The van der Waals surface area contributed by atoms with Crippen molar-refractivity contribution in [2.24, 2.45) is 0 Å². The molecule has 1 atom stereocenters. The highest BCUT2D eigenvalue weighted by atomic mass is 31.0. The molecular formula is C20H27OP. The Hall–Kier alpha value is -1.59. The first-order valence-electron chi connectivity index (χ1n) is 7.49. The average molecular weight is 314 g/mol. The molecule has 1 unspecified atom stereocenters. The molecule has 22 heavy (non-hydrogen) atoms. The van der Waals surface area contributed by atoms with Crippen LogP contribution >= 0.6 is 9.24 Å². The third kappa shape index (κ3) is 4.21. The minimum Gasteiger partial charge on any atom is -0.497 e. The number of hydrogen-bond donors (Lipinski definition) is 0. The summed E-state index contributed by atoms with van der Waals surface area (Å²) in [6.07, 6.45) is 0.990. The molecule has 0 aliphatic carbocycles. The van der Waals surface area contributed by atoms with Crippen LogP contribution in [0.2, 0.25) is 0 Å². The van der Waals surface area contributed by atoms with Crippen molar-refractivity contribution >= 4 is 14.8 Å². The van der Waals surface area contributed by atoms with Crippen molar-refractivity contribution in [3.05, 3.63) is 76.3 Å². The Balaban J connectivity index is 3.42. The number of methoxy groups -OCH3 is 1. The smallest absolute Gasteiger partial charge is 0.119 e. The predicted octanol–water partition coefficient (Wildman–Crippen LogP) is 6.04. The largest absolute Gasteiger partial charge is 0.497 e. The van der Waals surface area contributed by atoms with E-state index in [1.54, 1.807) is 7.11 Å². The van der Waals surface area contributed by atoms with Crippen molar-refractivity contribution in [1.29, 1.82) is 0 Å². The van der Waals surface area contributed by atoms with Crippen LogP contribution in [0.25, 0.3) is 5.57 Å². The maximum atomic E-state index is 5.41. The van der Waals surface area contributed by atoms with E-state index in [2.05, 4.69) is 74.4 Å². The molecule has 0 N–H and O–H groups in total. The summed E-state index contributed by atoms with van der Waals surface area (Å²) >= 11 is 0. The predicted molar refractivity (Wildman–Crippen MR) is 102 cm³/mol. The van der Waals surface area contributed by atoms with E-state index in [9.17, 15) is 0 Å². The Morgan fingerprint density at radius 1 is 1.14 bits per heavy atom. The summed E-state index contributed by atoms with van der Waals surface area (Å²) in [6.45, 7) is 16.8. The number of allylic oxidation sites excluding steroid dienone is 4. The fraction of sp³-hybridized carbons (Fsp3) is 0.300. The molecule has 0 amide bonds. The lowest BCUT2D eigenvalue weighted by atomic mass is 9.93. The average Bonchev–Trinajstić information content (AvgIpc) is 2.53. The van der Waals surface area contributed by atoms with Crippen LogP contribution < -0.4 is 0 Å². The van der Waals surface area contributed by atoms with Gasteiger partial charge in [-0.15, -0.1) is 9.24 Å². The lowest BCUT2D eigenvalue weighted by Gasteiger charge is -2.18. The van der Waals surface area contributed by atoms with Crippen LogP contribution in [0.4, 0.5) is 0 Å². The molecule has 1 rings (SSSR count). The summed E-state index contributed by atoms with van der Waals surface area (Å²) in [5.41, 5.74) is 6.78. The van der Waals surface area contributed by atoms with Gasteiger partial charge in [-0.25, -0.2) is 0 Å². The van der Waals surface area contributed by atoms with E-state index in [0.717, 1.165) is 34.0 Å². The normalized spacial score (nSPS) is 13.2. The number of aryl methyl sites for hydroxylation is 1. The number of benzene rings is 1. The van der Waals surface area contributed by atoms with Crippen LogP contribution in [-0.2, 0) is 4.74 Å². The lowest BCUT2D eigenvalue weighted by molar-refractivity contribution is 0.304. The van der Waals surface area contributed by atoms with Gasteiger partial charge >= 0.3 is 0 Å². The van der Waals surface area contributed by atoms with Crippen LogP contribution in [0.1, 0.15) is 38.3 Å². The summed E-state index contributed by atoms with van der Waals surface area (Å²) in [4.78, 5) is 0. The minimum atomic E-state index is 0.670. The maximum Gasteiger partial charge on any atom is 0.119 e. The van der Waals surface area contributed by atoms with E-state index in [1.165, 1.54) is 11.1 Å². The van der Waals surface area contributed by atoms with Crippen LogP contribution in [0.5, 0.6) is 0 Å². The highest BCUT2D eigenvalue weighted by Gasteiger charge is 2.15. The molecule has 0 heterocycles. The van der Waals surface area contributed by atoms with E-state index in [4.69, 9.17) is 4.74 Å². The molecule has 2 heteroatoms. The number of ether oxygens (including phenoxy) is 1. The Morgan fingerprint density at radius 2 is 1.68 bits per heavy atom. The standard InChI is InChI=1S/C20H27OP/c1-8-14(3)20(22)19(17(6)21-7)16(5)15(4)18-11-9-13(2)10-12-18/h9-12H,4,6,8,22H2,1-3,5,7H3/b19-16-,20-14+. The third-order valence-corrected chi connectivity index (χ3v) is 4.79. The first kappa shape index (κ1) is 18.5. The van der Waals surface area contributed by atoms with E-state index in [0.29, 0.717) is 5.76 Å². The monoisotopic (exact) mass is 314 g/mol. The van der Waals surface area contributed by atoms with Crippen LogP contribution in [0.15, 0.2) is 65.2 Å². The topological polar surface area (TPSA) is 9.23 Å². The van der Waals surface area contributed by atoms with Gasteiger partial charge in [0, 0.05) is 5.57 Å². The van der Waals surface area contributed by atoms with Gasteiger partial charge in [0.1, 0.15) is 5.76 Å². The molecule has 0 saturated carbocycles. The van der Waals surface area contributed by atoms with E-state index >= 15 is 0 Å². The van der Waals surface area contributed by atoms with Crippen LogP contribution in [0.3, 0.4) is 0 Å². The summed E-state index contributed by atoms with van der Waals surface area (Å²) in [6, 6.07) is 8.42. The molecule has 0 fully saturated rings. The molecule has 0 spiro atoms. The van der Waals surface area contributed by atoms with Crippen molar-refractivity contribution in [3.63, 3.8) is 0 Å². The summed E-state index contributed by atoms with van der Waals surface area (Å²) < 4.78 is 5.41. The molecule has 0 radical (unpaired) electrons. The SMILES string of the molecule is C=C(OC)C(=C(\C)C(=C)c1ccc(C)cc1)/C(P)=C(/C)CC. The summed E-state index contributed by atoms with van der Waals surface area (Å²) in [7, 11) is 4.49. The van der Waals surface area contributed by atoms with Gasteiger partial charge < -0.3 is 4.74 Å². The Labute approximate surface area is 137 Å².